The van der Waals surface area contributed by atoms with Gasteiger partial charge in [0, 0.05) is 10.6 Å². The molecule has 0 saturated heterocycles. The van der Waals surface area contributed by atoms with Crippen LogP contribution in [0.3, 0.4) is 0 Å². The highest BCUT2D eigenvalue weighted by Gasteiger charge is 2.15. The highest BCUT2D eigenvalue weighted by atomic mass is 35.5. The molecule has 0 atom stereocenters. The van der Waals surface area contributed by atoms with Crippen molar-refractivity contribution in [2.75, 3.05) is 7.11 Å². The summed E-state index contributed by atoms with van der Waals surface area (Å²) in [6.45, 7) is 5.94. The van der Waals surface area contributed by atoms with Crippen LogP contribution in [0.5, 0.6) is 5.75 Å². The number of halogens is 1. The molecule has 1 aromatic rings. The molecule has 3 heteroatoms. The highest BCUT2D eigenvalue weighted by Crippen LogP contribution is 2.28. The van der Waals surface area contributed by atoms with E-state index in [4.69, 9.17) is 22.1 Å². The lowest BCUT2D eigenvalue weighted by molar-refractivity contribution is 0.413. The monoisotopic (exact) mass is 227 g/mol. The quantitative estimate of drug-likeness (QED) is 0.862. The molecule has 0 spiro atoms. The second-order valence-electron chi connectivity index (χ2n) is 4.58. The van der Waals surface area contributed by atoms with Crippen molar-refractivity contribution in [2.45, 2.75) is 32.7 Å². The van der Waals surface area contributed by atoms with Gasteiger partial charge in [0.2, 0.25) is 0 Å². The Morgan fingerprint density at radius 3 is 2.47 bits per heavy atom. The minimum absolute atomic E-state index is 0.261. The summed E-state index contributed by atoms with van der Waals surface area (Å²) in [5.74, 6) is 0.830. The van der Waals surface area contributed by atoms with Crippen molar-refractivity contribution in [1.29, 1.82) is 0 Å². The smallest absolute Gasteiger partial charge is 0.119 e. The average molecular weight is 228 g/mol. The van der Waals surface area contributed by atoms with E-state index in [0.29, 0.717) is 0 Å². The number of methoxy groups -OCH3 is 1. The third-order valence-corrected chi connectivity index (χ3v) is 2.73. The molecule has 0 aliphatic heterocycles. The van der Waals surface area contributed by atoms with Gasteiger partial charge in [0.25, 0.3) is 0 Å². The van der Waals surface area contributed by atoms with Crippen molar-refractivity contribution < 1.29 is 4.74 Å². The van der Waals surface area contributed by atoms with E-state index in [1.165, 1.54) is 0 Å². The molecule has 1 rings (SSSR count). The topological polar surface area (TPSA) is 35.2 Å². The van der Waals surface area contributed by atoms with Gasteiger partial charge >= 0.3 is 0 Å². The van der Waals surface area contributed by atoms with Gasteiger partial charge in [0.05, 0.1) is 7.11 Å². The van der Waals surface area contributed by atoms with E-state index in [1.54, 1.807) is 7.11 Å². The molecule has 0 aromatic heterocycles. The Morgan fingerprint density at radius 2 is 2.00 bits per heavy atom. The number of rotatable bonds is 3. The van der Waals surface area contributed by atoms with Gasteiger partial charge in [-0.15, -0.1) is 0 Å². The SMILES string of the molecule is COc1cc(C)c(Cl)c(CC(C)(C)N)c1. The fourth-order valence-corrected chi connectivity index (χ4v) is 1.72. The van der Waals surface area contributed by atoms with Crippen LogP contribution in [0, 0.1) is 6.92 Å². The average Bonchev–Trinajstić information content (AvgIpc) is 2.10. The number of ether oxygens (including phenoxy) is 1. The van der Waals surface area contributed by atoms with E-state index >= 15 is 0 Å². The third kappa shape index (κ3) is 3.40. The van der Waals surface area contributed by atoms with Crippen LogP contribution in [0.25, 0.3) is 0 Å². The molecule has 0 bridgehead atoms. The van der Waals surface area contributed by atoms with Crippen molar-refractivity contribution in [3.05, 3.63) is 28.3 Å². The molecule has 0 heterocycles. The zero-order valence-electron chi connectivity index (χ0n) is 9.73. The molecular weight excluding hydrogens is 210 g/mol. The van der Waals surface area contributed by atoms with Gasteiger partial charge in [0.15, 0.2) is 0 Å². The van der Waals surface area contributed by atoms with E-state index in [-0.39, 0.29) is 5.54 Å². The Kier molecular flexibility index (Phi) is 3.63. The molecular formula is C12H18ClNO. The standard InChI is InChI=1S/C12H18ClNO/c1-8-5-10(15-4)6-9(11(8)13)7-12(2,3)14/h5-6H,7,14H2,1-4H3. The molecule has 15 heavy (non-hydrogen) atoms. The van der Waals surface area contributed by atoms with Gasteiger partial charge in [-0.3, -0.25) is 0 Å². The van der Waals surface area contributed by atoms with Crippen LogP contribution in [0.4, 0.5) is 0 Å². The molecule has 0 amide bonds. The summed E-state index contributed by atoms with van der Waals surface area (Å²) in [4.78, 5) is 0. The number of aryl methyl sites for hydroxylation is 1. The van der Waals surface area contributed by atoms with Gasteiger partial charge in [-0.05, 0) is 50.5 Å². The van der Waals surface area contributed by atoms with Gasteiger partial charge in [-0.25, -0.2) is 0 Å². The van der Waals surface area contributed by atoms with Gasteiger partial charge in [-0.2, -0.15) is 0 Å². The molecule has 84 valence electrons. The number of hydrogen-bond acceptors (Lipinski definition) is 2. The van der Waals surface area contributed by atoms with Crippen LogP contribution in [-0.2, 0) is 6.42 Å². The number of nitrogens with two attached hydrogens (primary N) is 1. The van der Waals surface area contributed by atoms with Crippen LogP contribution in [0.1, 0.15) is 25.0 Å². The maximum Gasteiger partial charge on any atom is 0.119 e. The maximum atomic E-state index is 6.22. The first-order valence-corrected chi connectivity index (χ1v) is 5.33. The Labute approximate surface area is 96.4 Å². The molecule has 1 aromatic carbocycles. The predicted octanol–water partition coefficient (Wildman–Crippen LogP) is 2.94. The van der Waals surface area contributed by atoms with Crippen LogP contribution < -0.4 is 10.5 Å². The van der Waals surface area contributed by atoms with E-state index < -0.39 is 0 Å². The molecule has 2 N–H and O–H groups in total. The molecule has 0 fully saturated rings. The van der Waals surface area contributed by atoms with Gasteiger partial charge in [0.1, 0.15) is 5.75 Å². The van der Waals surface area contributed by atoms with Gasteiger partial charge in [-0.1, -0.05) is 11.6 Å². The van der Waals surface area contributed by atoms with Crippen molar-refractivity contribution in [3.8, 4) is 5.75 Å². The second kappa shape index (κ2) is 4.42. The summed E-state index contributed by atoms with van der Waals surface area (Å²) in [5, 5.41) is 0.786. The van der Waals surface area contributed by atoms with Crippen molar-refractivity contribution in [1.82, 2.24) is 0 Å². The second-order valence-corrected chi connectivity index (χ2v) is 4.96. The minimum atomic E-state index is -0.261. The Bertz CT molecular complexity index is 355. The fourth-order valence-electron chi connectivity index (χ4n) is 1.54. The van der Waals surface area contributed by atoms with Crippen LogP contribution in [-0.4, -0.2) is 12.6 Å². The molecule has 0 aliphatic carbocycles. The third-order valence-electron chi connectivity index (χ3n) is 2.19. The molecule has 2 nitrogen and oxygen atoms in total. The first-order valence-electron chi connectivity index (χ1n) is 4.95. The summed E-state index contributed by atoms with van der Waals surface area (Å²) in [7, 11) is 1.65. The summed E-state index contributed by atoms with van der Waals surface area (Å²) in [6, 6.07) is 3.87. The lowest BCUT2D eigenvalue weighted by atomic mass is 9.95. The zero-order valence-corrected chi connectivity index (χ0v) is 10.5. The molecule has 0 saturated carbocycles. The lowest BCUT2D eigenvalue weighted by Crippen LogP contribution is -2.34. The first-order chi connectivity index (χ1) is 6.83. The van der Waals surface area contributed by atoms with Crippen molar-refractivity contribution >= 4 is 11.6 Å². The van der Waals surface area contributed by atoms with Crippen molar-refractivity contribution in [3.63, 3.8) is 0 Å². The largest absolute Gasteiger partial charge is 0.497 e. The molecule has 0 radical (unpaired) electrons. The summed E-state index contributed by atoms with van der Waals surface area (Å²) in [5.41, 5.74) is 7.78. The van der Waals surface area contributed by atoms with E-state index in [0.717, 1.165) is 28.3 Å². The first kappa shape index (κ1) is 12.3. The lowest BCUT2D eigenvalue weighted by Gasteiger charge is -2.20. The van der Waals surface area contributed by atoms with E-state index in [1.807, 2.05) is 32.9 Å². The maximum absolute atomic E-state index is 6.22. The Morgan fingerprint density at radius 1 is 1.40 bits per heavy atom. The summed E-state index contributed by atoms with van der Waals surface area (Å²) >= 11 is 6.22. The minimum Gasteiger partial charge on any atom is -0.497 e. The van der Waals surface area contributed by atoms with Crippen molar-refractivity contribution in [2.24, 2.45) is 5.73 Å². The predicted molar refractivity (Wildman–Crippen MR) is 64.7 cm³/mol. The van der Waals surface area contributed by atoms with Crippen LogP contribution >= 0.6 is 11.6 Å². The number of benzene rings is 1. The molecule has 0 unspecified atom stereocenters. The van der Waals surface area contributed by atoms with Crippen LogP contribution in [0.2, 0.25) is 5.02 Å². The Hall–Kier alpha value is -0.730. The van der Waals surface area contributed by atoms with Crippen LogP contribution in [0.15, 0.2) is 12.1 Å². The molecule has 0 aliphatic rings. The van der Waals surface area contributed by atoms with E-state index in [2.05, 4.69) is 0 Å². The summed E-state index contributed by atoms with van der Waals surface area (Å²) < 4.78 is 5.21. The number of hydrogen-bond donors (Lipinski definition) is 1. The summed E-state index contributed by atoms with van der Waals surface area (Å²) in [6.07, 6.45) is 0.740. The van der Waals surface area contributed by atoms with E-state index in [9.17, 15) is 0 Å². The van der Waals surface area contributed by atoms with Gasteiger partial charge < -0.3 is 10.5 Å². The normalized spacial score (nSPS) is 11.6. The zero-order chi connectivity index (χ0) is 11.6. The highest BCUT2D eigenvalue weighted by molar-refractivity contribution is 6.32. The Balaban J connectivity index is 3.11. The fraction of sp³-hybridized carbons (Fsp3) is 0.500.